The van der Waals surface area contributed by atoms with Gasteiger partial charge in [0, 0.05) is 4.90 Å². The molecule has 0 saturated carbocycles. The van der Waals surface area contributed by atoms with Gasteiger partial charge in [-0.15, -0.1) is 6.42 Å². The fourth-order valence-electron chi connectivity index (χ4n) is 1.97. The number of nitrogens with two attached hydrogens (primary N) is 1. The number of aliphatic imine (C=N–C) groups is 1. The van der Waals surface area contributed by atoms with Crippen molar-refractivity contribution in [1.29, 1.82) is 0 Å². The lowest BCUT2D eigenvalue weighted by Gasteiger charge is -2.22. The van der Waals surface area contributed by atoms with Crippen LogP contribution in [-0.2, 0) is 0 Å². The van der Waals surface area contributed by atoms with Crippen molar-refractivity contribution in [2.45, 2.75) is 16.4 Å². The quantitative estimate of drug-likeness (QED) is 0.689. The summed E-state index contributed by atoms with van der Waals surface area (Å²) in [6.45, 7) is 0.0206. The number of alkyl halides is 3. The predicted octanol–water partition coefficient (Wildman–Crippen LogP) is 2.77. The van der Waals surface area contributed by atoms with Crippen LogP contribution in [0.4, 0.5) is 18.0 Å². The number of nitrogens with zero attached hydrogens (tertiary/aromatic N) is 2. The first-order chi connectivity index (χ1) is 9.81. The van der Waals surface area contributed by atoms with Gasteiger partial charge in [-0.25, -0.2) is 4.79 Å². The second-order valence-electron chi connectivity index (χ2n) is 4.17. The maximum Gasteiger partial charge on any atom is 0.446 e. The number of urea groups is 1. The third-order valence-corrected chi connectivity index (χ3v) is 3.49. The Morgan fingerprint density at radius 2 is 2.00 bits per heavy atom. The van der Waals surface area contributed by atoms with E-state index in [0.29, 0.717) is 5.56 Å². The third-order valence-electron chi connectivity index (χ3n) is 2.75. The molecular formula is C13H10F3N3OS. The topological polar surface area (TPSA) is 58.7 Å². The van der Waals surface area contributed by atoms with Gasteiger partial charge in [-0.3, -0.25) is 4.90 Å². The third kappa shape index (κ3) is 3.49. The lowest BCUT2D eigenvalue weighted by Crippen LogP contribution is -2.33. The van der Waals surface area contributed by atoms with Crippen molar-refractivity contribution in [1.82, 2.24) is 4.90 Å². The standard InChI is InChI=1S/C13H10F3N3OS/c1-2-7-19-10(11(17)18-12(19)20)8-3-5-9(6-4-8)21-13(14,15)16/h1,3-6,10H,7H2,(H2,17,18,20). The molecule has 0 bridgehead atoms. The Balaban J connectivity index is 2.23. The van der Waals surface area contributed by atoms with Crippen LogP contribution in [0.1, 0.15) is 11.6 Å². The van der Waals surface area contributed by atoms with Crippen LogP contribution in [0.25, 0.3) is 0 Å². The lowest BCUT2D eigenvalue weighted by atomic mass is 10.1. The lowest BCUT2D eigenvalue weighted by molar-refractivity contribution is -0.0328. The molecule has 1 unspecified atom stereocenters. The monoisotopic (exact) mass is 313 g/mol. The SMILES string of the molecule is C#CCN1C(=O)N=C(N)C1c1ccc(SC(F)(F)F)cc1. The van der Waals surface area contributed by atoms with Crippen molar-refractivity contribution in [3.63, 3.8) is 0 Å². The van der Waals surface area contributed by atoms with Crippen LogP contribution in [0.5, 0.6) is 0 Å². The Hall–Kier alpha value is -2.14. The number of benzene rings is 1. The number of hydrogen-bond donors (Lipinski definition) is 1. The Labute approximate surface area is 123 Å². The number of carbonyl (C=O) groups excluding carboxylic acids is 1. The summed E-state index contributed by atoms with van der Waals surface area (Å²) in [6, 6.07) is 4.39. The summed E-state index contributed by atoms with van der Waals surface area (Å²) in [7, 11) is 0. The van der Waals surface area contributed by atoms with Gasteiger partial charge in [0.05, 0.1) is 6.54 Å². The van der Waals surface area contributed by atoms with E-state index in [0.717, 1.165) is 0 Å². The summed E-state index contributed by atoms with van der Waals surface area (Å²) in [4.78, 5) is 16.6. The smallest absolute Gasteiger partial charge is 0.385 e. The van der Waals surface area contributed by atoms with E-state index in [9.17, 15) is 18.0 Å². The molecule has 110 valence electrons. The average molecular weight is 313 g/mol. The van der Waals surface area contributed by atoms with E-state index in [1.165, 1.54) is 29.2 Å². The largest absolute Gasteiger partial charge is 0.446 e. The molecule has 0 radical (unpaired) electrons. The van der Waals surface area contributed by atoms with Gasteiger partial charge in [-0.05, 0) is 29.5 Å². The minimum Gasteiger partial charge on any atom is -0.385 e. The van der Waals surface area contributed by atoms with E-state index in [-0.39, 0.29) is 29.0 Å². The number of rotatable bonds is 3. The molecule has 1 atom stereocenters. The summed E-state index contributed by atoms with van der Waals surface area (Å²) < 4.78 is 36.8. The number of thioether (sulfide) groups is 1. The van der Waals surface area contributed by atoms with Crippen molar-refractivity contribution in [2.24, 2.45) is 10.7 Å². The number of hydrogen-bond acceptors (Lipinski definition) is 3. The molecule has 4 nitrogen and oxygen atoms in total. The summed E-state index contributed by atoms with van der Waals surface area (Å²) in [5, 5.41) is 0. The van der Waals surface area contributed by atoms with Crippen molar-refractivity contribution >= 4 is 23.6 Å². The molecule has 2 N–H and O–H groups in total. The van der Waals surface area contributed by atoms with Gasteiger partial charge in [-0.2, -0.15) is 18.2 Å². The van der Waals surface area contributed by atoms with Crippen LogP contribution >= 0.6 is 11.8 Å². The number of amides is 2. The molecule has 21 heavy (non-hydrogen) atoms. The fraction of sp³-hybridized carbons (Fsp3) is 0.231. The first-order valence-electron chi connectivity index (χ1n) is 5.75. The van der Waals surface area contributed by atoms with Crippen LogP contribution in [0, 0.1) is 12.3 Å². The van der Waals surface area contributed by atoms with Crippen LogP contribution < -0.4 is 5.73 Å². The van der Waals surface area contributed by atoms with Gasteiger partial charge in [-0.1, -0.05) is 18.1 Å². The van der Waals surface area contributed by atoms with Crippen LogP contribution in [-0.4, -0.2) is 28.8 Å². The van der Waals surface area contributed by atoms with Gasteiger partial charge < -0.3 is 5.73 Å². The Kier molecular flexibility index (Phi) is 4.14. The average Bonchev–Trinajstić information content (AvgIpc) is 2.64. The molecule has 1 aliphatic heterocycles. The van der Waals surface area contributed by atoms with Crippen molar-refractivity contribution in [3.05, 3.63) is 29.8 Å². The summed E-state index contributed by atoms with van der Waals surface area (Å²) in [5.74, 6) is 2.40. The molecule has 0 saturated heterocycles. The molecular weight excluding hydrogens is 303 g/mol. The molecule has 2 rings (SSSR count). The summed E-state index contributed by atoms with van der Waals surface area (Å²) in [5.41, 5.74) is 1.91. The second-order valence-corrected chi connectivity index (χ2v) is 5.31. The highest BCUT2D eigenvalue weighted by molar-refractivity contribution is 8.00. The molecule has 0 spiro atoms. The minimum absolute atomic E-state index is 0.0206. The maximum atomic E-state index is 12.3. The van der Waals surface area contributed by atoms with Crippen molar-refractivity contribution in [2.75, 3.05) is 6.54 Å². The Morgan fingerprint density at radius 1 is 1.38 bits per heavy atom. The predicted molar refractivity (Wildman–Crippen MR) is 73.7 cm³/mol. The first-order valence-corrected chi connectivity index (χ1v) is 6.57. The van der Waals surface area contributed by atoms with Crippen LogP contribution in [0.15, 0.2) is 34.2 Å². The normalized spacial score (nSPS) is 18.6. The molecule has 2 amide bonds. The number of halogens is 3. The van der Waals surface area contributed by atoms with Gasteiger partial charge in [0.2, 0.25) is 0 Å². The zero-order valence-corrected chi connectivity index (χ0v) is 11.4. The summed E-state index contributed by atoms with van der Waals surface area (Å²) in [6.07, 6.45) is 5.19. The number of carbonyl (C=O) groups is 1. The highest BCUT2D eigenvalue weighted by Gasteiger charge is 2.34. The van der Waals surface area contributed by atoms with Gasteiger partial charge in [0.1, 0.15) is 11.9 Å². The van der Waals surface area contributed by atoms with E-state index in [2.05, 4.69) is 10.9 Å². The van der Waals surface area contributed by atoms with Crippen LogP contribution in [0.2, 0.25) is 0 Å². The zero-order chi connectivity index (χ0) is 15.6. The van der Waals surface area contributed by atoms with E-state index in [1.807, 2.05) is 0 Å². The highest BCUT2D eigenvalue weighted by atomic mass is 32.2. The molecule has 0 fully saturated rings. The first kappa shape index (κ1) is 15.3. The van der Waals surface area contributed by atoms with Gasteiger partial charge in [0.15, 0.2) is 0 Å². The highest BCUT2D eigenvalue weighted by Crippen LogP contribution is 2.37. The Bertz CT molecular complexity index is 619. The molecule has 0 aromatic heterocycles. The van der Waals surface area contributed by atoms with E-state index >= 15 is 0 Å². The summed E-state index contributed by atoms with van der Waals surface area (Å²) >= 11 is -0.210. The van der Waals surface area contributed by atoms with E-state index < -0.39 is 17.6 Å². The Morgan fingerprint density at radius 3 is 2.52 bits per heavy atom. The van der Waals surface area contributed by atoms with Crippen molar-refractivity contribution in [3.8, 4) is 12.3 Å². The number of terminal acetylenes is 1. The zero-order valence-electron chi connectivity index (χ0n) is 10.6. The van der Waals surface area contributed by atoms with Crippen molar-refractivity contribution < 1.29 is 18.0 Å². The molecule has 8 heteroatoms. The molecule has 1 heterocycles. The van der Waals surface area contributed by atoms with E-state index in [1.54, 1.807) is 0 Å². The maximum absolute atomic E-state index is 12.3. The van der Waals surface area contributed by atoms with Gasteiger partial charge >= 0.3 is 11.5 Å². The van der Waals surface area contributed by atoms with Gasteiger partial charge in [0.25, 0.3) is 0 Å². The second kappa shape index (κ2) is 5.69. The molecule has 0 aliphatic carbocycles. The molecule has 1 aliphatic rings. The molecule has 1 aromatic carbocycles. The number of amidine groups is 1. The van der Waals surface area contributed by atoms with Crippen LogP contribution in [0.3, 0.4) is 0 Å². The fourth-order valence-corrected chi connectivity index (χ4v) is 2.51. The minimum atomic E-state index is -4.35. The molecule has 1 aromatic rings. The van der Waals surface area contributed by atoms with E-state index in [4.69, 9.17) is 12.2 Å².